The van der Waals surface area contributed by atoms with Crippen molar-refractivity contribution < 1.29 is 72.7 Å². The second-order valence-corrected chi connectivity index (χ2v) is 10.0. The van der Waals surface area contributed by atoms with Gasteiger partial charge in [0.2, 0.25) is 0 Å². The van der Waals surface area contributed by atoms with Crippen molar-refractivity contribution in [2.24, 2.45) is 0 Å². The van der Waals surface area contributed by atoms with Crippen LogP contribution in [0.15, 0.2) is 48.5 Å². The van der Waals surface area contributed by atoms with Crippen molar-refractivity contribution in [1.82, 2.24) is 0 Å². The summed E-state index contributed by atoms with van der Waals surface area (Å²) in [6, 6.07) is 9.42. The van der Waals surface area contributed by atoms with Gasteiger partial charge in [0.05, 0.1) is 11.1 Å². The molecule has 0 radical (unpaired) electrons. The van der Waals surface area contributed by atoms with Gasteiger partial charge < -0.3 is 0 Å². The van der Waals surface area contributed by atoms with E-state index in [2.05, 4.69) is 0 Å². The molecule has 0 bridgehead atoms. The molecule has 160 valence electrons. The minimum absolute atomic E-state index is 0.710. The van der Waals surface area contributed by atoms with Gasteiger partial charge in [-0.2, -0.15) is 26.3 Å². The van der Waals surface area contributed by atoms with E-state index in [0.717, 1.165) is 24.3 Å². The van der Waals surface area contributed by atoms with Gasteiger partial charge in [0.25, 0.3) is 0 Å². The van der Waals surface area contributed by atoms with E-state index in [1.54, 1.807) is 0 Å². The van der Waals surface area contributed by atoms with Gasteiger partial charge in [0, 0.05) is 0 Å². The summed E-state index contributed by atoms with van der Waals surface area (Å²) in [6.45, 7) is 0. The second-order valence-electron chi connectivity index (χ2n) is 5.06. The quantitative estimate of drug-likeness (QED) is 0.267. The third-order valence-corrected chi connectivity index (χ3v) is 5.25. The van der Waals surface area contributed by atoms with Gasteiger partial charge in [-0.05, 0) is 48.5 Å². The maximum absolute atomic E-state index is 12.4. The molecule has 0 N–H and O–H groups in total. The van der Waals surface area contributed by atoms with Gasteiger partial charge >= 0.3 is 66.5 Å². The molecule has 0 heterocycles. The van der Waals surface area contributed by atoms with Crippen LogP contribution in [-0.2, 0) is 12.4 Å². The molecule has 28 heavy (non-hydrogen) atoms. The van der Waals surface area contributed by atoms with Crippen LogP contribution in [0.5, 0.6) is 0 Å². The molecule has 0 nitrogen and oxygen atoms in total. The van der Waals surface area contributed by atoms with E-state index in [4.69, 9.17) is 0 Å². The molecule has 0 saturated carbocycles. The van der Waals surface area contributed by atoms with Gasteiger partial charge in [0.1, 0.15) is 0 Å². The van der Waals surface area contributed by atoms with E-state index in [0.29, 0.717) is 7.14 Å². The van der Waals surface area contributed by atoms with Crippen molar-refractivity contribution in [3.05, 3.63) is 66.8 Å². The standard InChI is InChI=1S/C14H8F6I.F6P/c15-13(16,17)9-1-5-11(6-2-9)21-12-7-3-10(4-8-12)14(18,19)20;1-7(2,3,4,5)6/h1-8H;/q+1;-1. The zero-order chi connectivity index (χ0) is 22.1. The van der Waals surface area contributed by atoms with Crippen molar-refractivity contribution >= 4 is 7.81 Å². The molecular formula is C14H8F12IP. The van der Waals surface area contributed by atoms with Crippen LogP contribution in [-0.4, -0.2) is 0 Å². The summed E-state index contributed by atoms with van der Waals surface area (Å²) in [5.74, 6) is 0. The van der Waals surface area contributed by atoms with Crippen molar-refractivity contribution in [3.63, 3.8) is 0 Å². The van der Waals surface area contributed by atoms with Crippen LogP contribution in [0, 0.1) is 7.14 Å². The Morgan fingerprint density at radius 2 is 0.714 bits per heavy atom. The molecule has 0 saturated heterocycles. The Bertz CT molecular complexity index is 719. The molecule has 2 aromatic rings. The molecule has 0 amide bonds. The fraction of sp³-hybridized carbons (Fsp3) is 0.143. The van der Waals surface area contributed by atoms with Gasteiger partial charge in [-0.15, -0.1) is 0 Å². The summed E-state index contributed by atoms with van der Waals surface area (Å²) in [6.07, 6.45) is -8.77. The molecule has 0 unspecified atom stereocenters. The van der Waals surface area contributed by atoms with Crippen LogP contribution in [0.4, 0.5) is 51.5 Å². The summed E-state index contributed by atoms with van der Waals surface area (Å²) >= 11 is -0.805. The SMILES string of the molecule is FC(F)(F)c1ccc([I+]c2ccc(C(F)(F)F)cc2)cc1.F[P-](F)(F)(F)(F)F. The molecule has 14 heteroatoms. The van der Waals surface area contributed by atoms with Crippen molar-refractivity contribution in [2.45, 2.75) is 12.4 Å². The van der Waals surface area contributed by atoms with E-state index in [1.165, 1.54) is 24.3 Å². The fourth-order valence-corrected chi connectivity index (χ4v) is 3.69. The first-order valence-corrected chi connectivity index (χ1v) is 10.9. The molecule has 0 aliphatic rings. The number of benzene rings is 2. The van der Waals surface area contributed by atoms with E-state index in [9.17, 15) is 51.5 Å². The predicted octanol–water partition coefficient (Wildman–Crippen LogP) is 5.24. The summed E-state index contributed by atoms with van der Waals surface area (Å²) < 4.78 is 135. The van der Waals surface area contributed by atoms with Crippen LogP contribution in [0.2, 0.25) is 0 Å². The van der Waals surface area contributed by atoms with Crippen LogP contribution >= 0.6 is 7.81 Å². The Morgan fingerprint density at radius 3 is 0.893 bits per heavy atom. The Balaban J connectivity index is 0.000000480. The monoisotopic (exact) mass is 562 g/mol. The Hall–Kier alpha value is -1.24. The number of rotatable bonds is 2. The van der Waals surface area contributed by atoms with Crippen LogP contribution in [0.25, 0.3) is 0 Å². The number of hydrogen-bond donors (Lipinski definition) is 0. The minimum atomic E-state index is -10.7. The molecule has 0 aromatic heterocycles. The van der Waals surface area contributed by atoms with E-state index >= 15 is 0 Å². The Morgan fingerprint density at radius 1 is 0.500 bits per heavy atom. The van der Waals surface area contributed by atoms with Gasteiger partial charge in [-0.25, -0.2) is 0 Å². The van der Waals surface area contributed by atoms with Crippen molar-refractivity contribution in [3.8, 4) is 0 Å². The first-order chi connectivity index (χ1) is 12.1. The molecular weight excluding hydrogens is 554 g/mol. The summed E-state index contributed by atoms with van der Waals surface area (Å²) in [7, 11) is -10.7. The summed E-state index contributed by atoms with van der Waals surface area (Å²) in [4.78, 5) is 0. The van der Waals surface area contributed by atoms with Gasteiger partial charge in [-0.1, -0.05) is 0 Å². The zero-order valence-electron chi connectivity index (χ0n) is 13.0. The normalized spacial score (nSPS) is 15.1. The Labute approximate surface area is 160 Å². The first kappa shape index (κ1) is 24.8. The van der Waals surface area contributed by atoms with Crippen LogP contribution in [0.3, 0.4) is 0 Å². The number of hydrogen-bond acceptors (Lipinski definition) is 0. The van der Waals surface area contributed by atoms with E-state index in [1.807, 2.05) is 0 Å². The maximum atomic E-state index is 12.4. The summed E-state index contributed by atoms with van der Waals surface area (Å²) in [5.41, 5.74) is -1.47. The Kier molecular flexibility index (Phi) is 6.40. The number of alkyl halides is 6. The van der Waals surface area contributed by atoms with Crippen LogP contribution < -0.4 is 21.2 Å². The zero-order valence-corrected chi connectivity index (χ0v) is 16.0. The molecule has 0 atom stereocenters. The molecule has 2 aromatic carbocycles. The topological polar surface area (TPSA) is 0 Å². The van der Waals surface area contributed by atoms with E-state index in [-0.39, 0.29) is 0 Å². The summed E-state index contributed by atoms with van der Waals surface area (Å²) in [5, 5.41) is 0. The molecule has 0 aliphatic heterocycles. The molecule has 0 spiro atoms. The van der Waals surface area contributed by atoms with Gasteiger partial charge in [-0.3, -0.25) is 0 Å². The molecule has 2 rings (SSSR count). The average Bonchev–Trinajstić information content (AvgIpc) is 2.43. The fourth-order valence-electron chi connectivity index (χ4n) is 1.53. The van der Waals surface area contributed by atoms with Crippen LogP contribution in [0.1, 0.15) is 11.1 Å². The van der Waals surface area contributed by atoms with Crippen molar-refractivity contribution in [1.29, 1.82) is 0 Å². The number of halogens is 13. The van der Waals surface area contributed by atoms with Gasteiger partial charge in [0.15, 0.2) is 7.14 Å². The molecule has 0 aliphatic carbocycles. The van der Waals surface area contributed by atoms with E-state index < -0.39 is 52.5 Å². The van der Waals surface area contributed by atoms with Crippen molar-refractivity contribution in [2.75, 3.05) is 0 Å². The molecule has 0 fully saturated rings. The second kappa shape index (κ2) is 7.22. The third-order valence-electron chi connectivity index (χ3n) is 2.56. The first-order valence-electron chi connectivity index (χ1n) is 6.67. The predicted molar refractivity (Wildman–Crippen MR) is 73.9 cm³/mol. The average molecular weight is 562 g/mol. The third kappa shape index (κ3) is 11.6.